The summed E-state index contributed by atoms with van der Waals surface area (Å²) in [5, 5.41) is 10.9. The van der Waals surface area contributed by atoms with Crippen molar-refractivity contribution in [3.63, 3.8) is 0 Å². The van der Waals surface area contributed by atoms with E-state index in [1.165, 1.54) is 24.3 Å². The second kappa shape index (κ2) is 5.44. The van der Waals surface area contributed by atoms with E-state index < -0.39 is 39.4 Å². The van der Waals surface area contributed by atoms with Crippen molar-refractivity contribution in [2.75, 3.05) is 0 Å². The van der Waals surface area contributed by atoms with E-state index in [-0.39, 0.29) is 15.9 Å². The van der Waals surface area contributed by atoms with Gasteiger partial charge < -0.3 is 9.67 Å². The lowest BCUT2D eigenvalue weighted by molar-refractivity contribution is -0.147. The van der Waals surface area contributed by atoms with Crippen molar-refractivity contribution in [2.24, 2.45) is 0 Å². The monoisotopic (exact) mass is 376 g/mol. The number of hydrogen-bond acceptors (Lipinski definition) is 6. The van der Waals surface area contributed by atoms with Crippen molar-refractivity contribution in [3.8, 4) is 0 Å². The van der Waals surface area contributed by atoms with Gasteiger partial charge in [-0.15, -0.1) is 0 Å². The topological polar surface area (TPSA) is 98.5 Å². The molecule has 1 aliphatic heterocycles. The van der Waals surface area contributed by atoms with Crippen molar-refractivity contribution in [1.82, 2.24) is 9.55 Å². The molecule has 0 spiro atoms. The first-order valence-electron chi connectivity index (χ1n) is 7.64. The Labute approximate surface area is 147 Å². The van der Waals surface area contributed by atoms with Crippen LogP contribution in [0.15, 0.2) is 52.3 Å². The SMILES string of the molecule is Cc1ccc(S(=O)(=O)OC2(O)Cn3c(=O)ccc4ncc(F)c2c43)cc1. The number of pyridine rings is 2. The summed E-state index contributed by atoms with van der Waals surface area (Å²) in [6.07, 6.45) is 0.852. The van der Waals surface area contributed by atoms with Crippen LogP contribution < -0.4 is 5.56 Å². The van der Waals surface area contributed by atoms with Gasteiger partial charge in [0.2, 0.25) is 5.79 Å². The van der Waals surface area contributed by atoms with Gasteiger partial charge in [-0.05, 0) is 25.1 Å². The Hall–Kier alpha value is -2.62. The molecule has 3 aromatic rings. The first kappa shape index (κ1) is 16.8. The number of nitrogens with zero attached hydrogens (tertiary/aromatic N) is 2. The summed E-state index contributed by atoms with van der Waals surface area (Å²) in [7, 11) is -4.42. The highest BCUT2D eigenvalue weighted by Crippen LogP contribution is 2.39. The first-order chi connectivity index (χ1) is 12.2. The van der Waals surface area contributed by atoms with Crippen molar-refractivity contribution in [1.29, 1.82) is 0 Å². The fraction of sp³-hybridized carbons (Fsp3) is 0.176. The maximum atomic E-state index is 14.4. The van der Waals surface area contributed by atoms with Gasteiger partial charge in [0.05, 0.1) is 34.2 Å². The molecular formula is C17H13FN2O5S. The van der Waals surface area contributed by atoms with E-state index in [0.717, 1.165) is 16.3 Å². The molecule has 7 nitrogen and oxygen atoms in total. The third-order valence-corrected chi connectivity index (χ3v) is 5.62. The van der Waals surface area contributed by atoms with Crippen LogP contribution in [0.2, 0.25) is 0 Å². The van der Waals surface area contributed by atoms with Gasteiger partial charge in [-0.2, -0.15) is 8.42 Å². The number of benzene rings is 1. The summed E-state index contributed by atoms with van der Waals surface area (Å²) < 4.78 is 45.6. The minimum absolute atomic E-state index is 0.0131. The van der Waals surface area contributed by atoms with Gasteiger partial charge in [0.1, 0.15) is 0 Å². The molecule has 1 aliphatic rings. The molecule has 1 unspecified atom stereocenters. The standard InChI is InChI=1S/C17H13FN2O5S/c1-10-2-4-11(5-3-10)26(23,24)25-17(22)9-20-14(21)7-6-13-16(20)15(17)12(18)8-19-13/h2-8,22H,9H2,1H3. The van der Waals surface area contributed by atoms with Crippen LogP contribution >= 0.6 is 0 Å². The molecule has 1 aromatic carbocycles. The summed E-state index contributed by atoms with van der Waals surface area (Å²) in [6.45, 7) is 1.22. The molecule has 1 atom stereocenters. The Balaban J connectivity index is 1.87. The van der Waals surface area contributed by atoms with Crippen LogP contribution in [0.25, 0.3) is 11.0 Å². The number of aliphatic hydroxyl groups is 1. The summed E-state index contributed by atoms with van der Waals surface area (Å²) >= 11 is 0. The largest absolute Gasteiger partial charge is 0.359 e. The minimum atomic E-state index is -4.42. The maximum absolute atomic E-state index is 14.4. The average Bonchev–Trinajstić information content (AvgIpc) is 2.88. The zero-order valence-electron chi connectivity index (χ0n) is 13.5. The summed E-state index contributed by atoms with van der Waals surface area (Å²) in [6, 6.07) is 8.36. The van der Waals surface area contributed by atoms with Crippen LogP contribution in [0, 0.1) is 12.7 Å². The van der Waals surface area contributed by atoms with Gasteiger partial charge in [-0.25, -0.2) is 8.57 Å². The molecule has 9 heteroatoms. The highest BCUT2D eigenvalue weighted by Gasteiger charge is 2.46. The summed E-state index contributed by atoms with van der Waals surface area (Å²) in [5.74, 6) is -3.52. The fourth-order valence-corrected chi connectivity index (χ4v) is 4.13. The molecule has 134 valence electrons. The Morgan fingerprint density at radius 1 is 1.23 bits per heavy atom. The molecule has 0 aliphatic carbocycles. The Morgan fingerprint density at radius 2 is 1.92 bits per heavy atom. The summed E-state index contributed by atoms with van der Waals surface area (Å²) in [4.78, 5) is 15.7. The molecule has 4 rings (SSSR count). The van der Waals surface area contributed by atoms with Gasteiger partial charge in [0, 0.05) is 6.07 Å². The van der Waals surface area contributed by atoms with Crippen molar-refractivity contribution >= 4 is 21.2 Å². The molecule has 0 saturated carbocycles. The van der Waals surface area contributed by atoms with Gasteiger partial charge >= 0.3 is 0 Å². The van der Waals surface area contributed by atoms with E-state index in [9.17, 15) is 22.7 Å². The fourth-order valence-electron chi connectivity index (χ4n) is 3.06. The number of rotatable bonds is 3. The average molecular weight is 376 g/mol. The number of aryl methyl sites for hydroxylation is 1. The quantitative estimate of drug-likeness (QED) is 0.548. The van der Waals surface area contributed by atoms with Crippen molar-refractivity contribution in [3.05, 3.63) is 69.9 Å². The second-order valence-electron chi connectivity index (χ2n) is 6.11. The van der Waals surface area contributed by atoms with Gasteiger partial charge in [-0.3, -0.25) is 9.78 Å². The van der Waals surface area contributed by atoms with E-state index in [0.29, 0.717) is 0 Å². The molecule has 26 heavy (non-hydrogen) atoms. The van der Waals surface area contributed by atoms with Crippen molar-refractivity contribution in [2.45, 2.75) is 24.2 Å². The molecule has 0 saturated heterocycles. The lowest BCUT2D eigenvalue weighted by Gasteiger charge is -2.23. The van der Waals surface area contributed by atoms with E-state index >= 15 is 0 Å². The Kier molecular flexibility index (Phi) is 3.52. The Bertz CT molecular complexity index is 1200. The van der Waals surface area contributed by atoms with E-state index in [1.54, 1.807) is 19.1 Å². The first-order valence-corrected chi connectivity index (χ1v) is 9.05. The van der Waals surface area contributed by atoms with Gasteiger partial charge in [0.15, 0.2) is 5.82 Å². The van der Waals surface area contributed by atoms with Gasteiger partial charge in [-0.1, -0.05) is 17.7 Å². The van der Waals surface area contributed by atoms with Crippen LogP contribution in [0.3, 0.4) is 0 Å². The predicted octanol–water partition coefficient (Wildman–Crippen LogP) is 1.41. The second-order valence-corrected chi connectivity index (χ2v) is 7.65. The third-order valence-electron chi connectivity index (χ3n) is 4.28. The lowest BCUT2D eigenvalue weighted by Crippen LogP contribution is -2.35. The minimum Gasteiger partial charge on any atom is -0.359 e. The molecule has 0 radical (unpaired) electrons. The molecule has 2 aromatic heterocycles. The number of halogens is 1. The highest BCUT2D eigenvalue weighted by molar-refractivity contribution is 7.86. The smallest absolute Gasteiger partial charge is 0.300 e. The van der Waals surface area contributed by atoms with Crippen LogP contribution in [-0.2, 0) is 26.6 Å². The lowest BCUT2D eigenvalue weighted by atomic mass is 10.1. The van der Waals surface area contributed by atoms with E-state index in [2.05, 4.69) is 4.98 Å². The van der Waals surface area contributed by atoms with E-state index in [1.807, 2.05) is 0 Å². The maximum Gasteiger partial charge on any atom is 0.300 e. The van der Waals surface area contributed by atoms with Crippen LogP contribution in [0.5, 0.6) is 0 Å². The van der Waals surface area contributed by atoms with Crippen molar-refractivity contribution < 1.29 is 22.1 Å². The molecule has 0 bridgehead atoms. The Morgan fingerprint density at radius 3 is 2.62 bits per heavy atom. The highest BCUT2D eigenvalue weighted by atomic mass is 32.2. The normalized spacial score (nSPS) is 19.2. The molecule has 0 amide bonds. The van der Waals surface area contributed by atoms with Crippen LogP contribution in [-0.4, -0.2) is 23.1 Å². The zero-order chi connectivity index (χ0) is 18.7. The third kappa shape index (κ3) is 2.44. The summed E-state index contributed by atoms with van der Waals surface area (Å²) in [5.41, 5.74) is 0.144. The van der Waals surface area contributed by atoms with E-state index in [4.69, 9.17) is 4.18 Å². The van der Waals surface area contributed by atoms with Crippen LogP contribution in [0.4, 0.5) is 4.39 Å². The molecule has 1 N–H and O–H groups in total. The number of hydrogen-bond donors (Lipinski definition) is 1. The van der Waals surface area contributed by atoms with Gasteiger partial charge in [0.25, 0.3) is 15.7 Å². The zero-order valence-corrected chi connectivity index (χ0v) is 14.3. The number of aromatic nitrogens is 2. The molecular weight excluding hydrogens is 363 g/mol. The van der Waals surface area contributed by atoms with Crippen LogP contribution in [0.1, 0.15) is 11.1 Å². The molecule has 0 fully saturated rings. The predicted molar refractivity (Wildman–Crippen MR) is 89.3 cm³/mol. The molecule has 3 heterocycles.